The van der Waals surface area contributed by atoms with Crippen LogP contribution in [-0.2, 0) is 11.2 Å². The Labute approximate surface area is 153 Å². The number of hydrogen-bond donors (Lipinski definition) is 2. The lowest BCUT2D eigenvalue weighted by Gasteiger charge is -2.22. The third-order valence-corrected chi connectivity index (χ3v) is 4.05. The van der Waals surface area contributed by atoms with Gasteiger partial charge in [-0.05, 0) is 37.2 Å². The minimum atomic E-state index is -1.06. The SMILES string of the molecule is COc1cccc(C(=O)N[C@H](CN(C)CCc2ccccc2)C(=O)O)c1. The van der Waals surface area contributed by atoms with Gasteiger partial charge in [0, 0.05) is 18.7 Å². The predicted octanol–water partition coefficient (Wildman–Crippen LogP) is 2.05. The number of carboxylic acids is 1. The van der Waals surface area contributed by atoms with Crippen molar-refractivity contribution in [1.82, 2.24) is 10.2 Å². The lowest BCUT2D eigenvalue weighted by Crippen LogP contribution is -2.48. The summed E-state index contributed by atoms with van der Waals surface area (Å²) < 4.78 is 5.09. The summed E-state index contributed by atoms with van der Waals surface area (Å²) >= 11 is 0. The van der Waals surface area contributed by atoms with E-state index in [0.29, 0.717) is 17.9 Å². The van der Waals surface area contributed by atoms with E-state index in [4.69, 9.17) is 4.74 Å². The molecule has 0 spiro atoms. The minimum absolute atomic E-state index is 0.220. The summed E-state index contributed by atoms with van der Waals surface area (Å²) in [5.41, 5.74) is 1.55. The van der Waals surface area contributed by atoms with Crippen molar-refractivity contribution in [1.29, 1.82) is 0 Å². The standard InChI is InChI=1S/C20H24N2O4/c1-22(12-11-15-7-4-3-5-8-15)14-18(20(24)25)21-19(23)16-9-6-10-17(13-16)26-2/h3-10,13,18H,11-12,14H2,1-2H3,(H,21,23)(H,24,25)/t18-/m1/s1. The maximum absolute atomic E-state index is 12.3. The van der Waals surface area contributed by atoms with Crippen LogP contribution in [0.5, 0.6) is 5.75 Å². The van der Waals surface area contributed by atoms with Gasteiger partial charge in [-0.3, -0.25) is 4.79 Å². The molecule has 0 aromatic heterocycles. The number of likely N-dealkylation sites (N-methyl/N-ethyl adjacent to an activating group) is 1. The zero-order valence-electron chi connectivity index (χ0n) is 15.0. The quantitative estimate of drug-likeness (QED) is 0.719. The first-order valence-corrected chi connectivity index (χ1v) is 8.40. The molecule has 0 bridgehead atoms. The van der Waals surface area contributed by atoms with E-state index in [2.05, 4.69) is 5.32 Å². The highest BCUT2D eigenvalue weighted by atomic mass is 16.5. The van der Waals surface area contributed by atoms with Gasteiger partial charge in [-0.1, -0.05) is 36.4 Å². The highest BCUT2D eigenvalue weighted by Gasteiger charge is 2.22. The van der Waals surface area contributed by atoms with E-state index in [9.17, 15) is 14.7 Å². The van der Waals surface area contributed by atoms with Crippen LogP contribution in [0.2, 0.25) is 0 Å². The maximum atomic E-state index is 12.3. The van der Waals surface area contributed by atoms with Crippen LogP contribution >= 0.6 is 0 Å². The van der Waals surface area contributed by atoms with Crippen LogP contribution in [0.15, 0.2) is 54.6 Å². The molecule has 0 unspecified atom stereocenters. The molecule has 1 amide bonds. The van der Waals surface area contributed by atoms with Gasteiger partial charge in [0.25, 0.3) is 5.91 Å². The second-order valence-electron chi connectivity index (χ2n) is 6.09. The number of amides is 1. The molecule has 6 nitrogen and oxygen atoms in total. The van der Waals surface area contributed by atoms with Gasteiger partial charge in [-0.2, -0.15) is 0 Å². The molecule has 0 aliphatic heterocycles. The lowest BCUT2D eigenvalue weighted by atomic mass is 10.1. The van der Waals surface area contributed by atoms with Crippen LogP contribution in [0.25, 0.3) is 0 Å². The van der Waals surface area contributed by atoms with Crippen molar-refractivity contribution >= 4 is 11.9 Å². The molecule has 2 rings (SSSR count). The van der Waals surface area contributed by atoms with Crippen LogP contribution in [0, 0.1) is 0 Å². The molecule has 0 aliphatic carbocycles. The zero-order chi connectivity index (χ0) is 18.9. The Morgan fingerprint density at radius 1 is 1.15 bits per heavy atom. The first kappa shape index (κ1) is 19.5. The van der Waals surface area contributed by atoms with E-state index in [1.807, 2.05) is 42.3 Å². The number of nitrogens with one attached hydrogen (secondary N) is 1. The number of carbonyl (C=O) groups is 2. The van der Waals surface area contributed by atoms with Crippen molar-refractivity contribution in [3.05, 3.63) is 65.7 Å². The average molecular weight is 356 g/mol. The summed E-state index contributed by atoms with van der Waals surface area (Å²) in [7, 11) is 3.36. The number of benzene rings is 2. The highest BCUT2D eigenvalue weighted by Crippen LogP contribution is 2.12. The second-order valence-corrected chi connectivity index (χ2v) is 6.09. The Balaban J connectivity index is 1.93. The molecule has 26 heavy (non-hydrogen) atoms. The molecule has 0 fully saturated rings. The van der Waals surface area contributed by atoms with Gasteiger partial charge in [0.1, 0.15) is 11.8 Å². The zero-order valence-corrected chi connectivity index (χ0v) is 15.0. The molecule has 0 aliphatic rings. The Morgan fingerprint density at radius 2 is 1.88 bits per heavy atom. The number of methoxy groups -OCH3 is 1. The highest BCUT2D eigenvalue weighted by molar-refractivity contribution is 5.96. The van der Waals surface area contributed by atoms with Gasteiger partial charge in [-0.25, -0.2) is 4.79 Å². The van der Waals surface area contributed by atoms with E-state index in [-0.39, 0.29) is 6.54 Å². The van der Waals surface area contributed by atoms with Crippen LogP contribution in [-0.4, -0.2) is 55.2 Å². The smallest absolute Gasteiger partial charge is 0.327 e. The van der Waals surface area contributed by atoms with Crippen LogP contribution in [0.3, 0.4) is 0 Å². The number of nitrogens with zero attached hydrogens (tertiary/aromatic N) is 1. The van der Waals surface area contributed by atoms with E-state index in [0.717, 1.165) is 6.42 Å². The largest absolute Gasteiger partial charge is 0.497 e. The number of carboxylic acid groups (broad SMARTS) is 1. The van der Waals surface area contributed by atoms with Gasteiger partial charge in [-0.15, -0.1) is 0 Å². The van der Waals surface area contributed by atoms with E-state index < -0.39 is 17.9 Å². The maximum Gasteiger partial charge on any atom is 0.327 e. The fourth-order valence-corrected chi connectivity index (χ4v) is 2.56. The van der Waals surface area contributed by atoms with Crippen LogP contribution < -0.4 is 10.1 Å². The average Bonchev–Trinajstić information content (AvgIpc) is 2.66. The molecular formula is C20H24N2O4. The van der Waals surface area contributed by atoms with E-state index in [1.165, 1.54) is 12.7 Å². The normalized spacial score (nSPS) is 11.8. The van der Waals surface area contributed by atoms with Crippen molar-refractivity contribution in [2.45, 2.75) is 12.5 Å². The topological polar surface area (TPSA) is 78.9 Å². The van der Waals surface area contributed by atoms with Crippen LogP contribution in [0.1, 0.15) is 15.9 Å². The Bertz CT molecular complexity index is 734. The van der Waals surface area contributed by atoms with E-state index in [1.54, 1.807) is 24.3 Å². The number of hydrogen-bond acceptors (Lipinski definition) is 4. The third-order valence-electron chi connectivity index (χ3n) is 4.05. The minimum Gasteiger partial charge on any atom is -0.497 e. The Morgan fingerprint density at radius 3 is 2.54 bits per heavy atom. The van der Waals surface area contributed by atoms with Crippen molar-refractivity contribution in [2.75, 3.05) is 27.2 Å². The second kappa shape index (κ2) is 9.58. The fourth-order valence-electron chi connectivity index (χ4n) is 2.56. The molecule has 2 aromatic rings. The summed E-state index contributed by atoms with van der Waals surface area (Å²) in [4.78, 5) is 25.8. The molecule has 2 aromatic carbocycles. The molecule has 0 saturated heterocycles. The summed E-state index contributed by atoms with van der Waals surface area (Å²) in [6, 6.07) is 15.6. The third kappa shape index (κ3) is 5.89. The molecule has 1 atom stereocenters. The van der Waals surface area contributed by atoms with E-state index >= 15 is 0 Å². The van der Waals surface area contributed by atoms with Crippen molar-refractivity contribution < 1.29 is 19.4 Å². The molecule has 138 valence electrons. The molecule has 0 radical (unpaired) electrons. The van der Waals surface area contributed by atoms with Gasteiger partial charge < -0.3 is 20.1 Å². The Kier molecular flexibility index (Phi) is 7.17. The summed E-state index contributed by atoms with van der Waals surface area (Å²) in [6.45, 7) is 0.917. The molecule has 6 heteroatoms. The molecule has 0 saturated carbocycles. The van der Waals surface area contributed by atoms with Crippen molar-refractivity contribution in [3.63, 3.8) is 0 Å². The number of carbonyl (C=O) groups excluding carboxylic acids is 1. The van der Waals surface area contributed by atoms with Crippen molar-refractivity contribution in [2.24, 2.45) is 0 Å². The predicted molar refractivity (Wildman–Crippen MR) is 99.5 cm³/mol. The van der Waals surface area contributed by atoms with Crippen LogP contribution in [0.4, 0.5) is 0 Å². The number of ether oxygens (including phenoxy) is 1. The lowest BCUT2D eigenvalue weighted by molar-refractivity contribution is -0.139. The Hall–Kier alpha value is -2.86. The first-order chi connectivity index (χ1) is 12.5. The van der Waals surface area contributed by atoms with Gasteiger partial charge in [0.15, 0.2) is 0 Å². The van der Waals surface area contributed by atoms with Gasteiger partial charge >= 0.3 is 5.97 Å². The first-order valence-electron chi connectivity index (χ1n) is 8.40. The number of aliphatic carboxylic acids is 1. The monoisotopic (exact) mass is 356 g/mol. The molecule has 2 N–H and O–H groups in total. The van der Waals surface area contributed by atoms with Gasteiger partial charge in [0.2, 0.25) is 0 Å². The number of rotatable bonds is 9. The fraction of sp³-hybridized carbons (Fsp3) is 0.300. The summed E-state index contributed by atoms with van der Waals surface area (Å²) in [5.74, 6) is -0.954. The molecular weight excluding hydrogens is 332 g/mol. The summed E-state index contributed by atoms with van der Waals surface area (Å²) in [6.07, 6.45) is 0.813. The van der Waals surface area contributed by atoms with Crippen molar-refractivity contribution in [3.8, 4) is 5.75 Å². The van der Waals surface area contributed by atoms with Gasteiger partial charge in [0.05, 0.1) is 7.11 Å². The summed E-state index contributed by atoms with van der Waals surface area (Å²) in [5, 5.41) is 12.0. The molecule has 0 heterocycles.